The summed E-state index contributed by atoms with van der Waals surface area (Å²) in [5.41, 5.74) is 1.54. The van der Waals surface area contributed by atoms with Crippen molar-refractivity contribution in [1.82, 2.24) is 15.1 Å². The van der Waals surface area contributed by atoms with Gasteiger partial charge in [-0.3, -0.25) is 4.68 Å². The monoisotopic (exact) mass is 336 g/mol. The number of rotatable bonds is 2. The Morgan fingerprint density at radius 2 is 2.05 bits per heavy atom. The maximum Gasteiger partial charge on any atom is 0.139 e. The highest BCUT2D eigenvalue weighted by molar-refractivity contribution is 9.10. The Balaban J connectivity index is 1.97. The summed E-state index contributed by atoms with van der Waals surface area (Å²) in [7, 11) is 1.94. The zero-order valence-corrected chi connectivity index (χ0v) is 12.9. The zero-order valence-electron chi connectivity index (χ0n) is 11.3. The Kier molecular flexibility index (Phi) is 3.67. The van der Waals surface area contributed by atoms with Crippen LogP contribution in [0.1, 0.15) is 0 Å². The molecule has 2 N–H and O–H groups in total. The molecular formula is C14H17BrN4O. The number of aryl methyl sites for hydroxylation is 1. The van der Waals surface area contributed by atoms with Gasteiger partial charge < -0.3 is 15.3 Å². The van der Waals surface area contributed by atoms with Crippen LogP contribution in [0.25, 0.3) is 11.3 Å². The maximum atomic E-state index is 10.1. The topological polar surface area (TPSA) is 53.3 Å². The van der Waals surface area contributed by atoms with E-state index in [9.17, 15) is 5.11 Å². The molecule has 2 heterocycles. The zero-order chi connectivity index (χ0) is 14.1. The van der Waals surface area contributed by atoms with Crippen molar-refractivity contribution >= 4 is 21.7 Å². The molecule has 0 amide bonds. The summed E-state index contributed by atoms with van der Waals surface area (Å²) >= 11 is 3.34. The summed E-state index contributed by atoms with van der Waals surface area (Å²) in [6.45, 7) is 3.93. The Morgan fingerprint density at radius 3 is 2.80 bits per heavy atom. The maximum absolute atomic E-state index is 10.1. The first-order chi connectivity index (χ1) is 9.66. The van der Waals surface area contributed by atoms with Crippen molar-refractivity contribution in [3.8, 4) is 17.0 Å². The predicted molar refractivity (Wildman–Crippen MR) is 83.1 cm³/mol. The molecule has 1 aromatic carbocycles. The van der Waals surface area contributed by atoms with E-state index in [0.29, 0.717) is 4.47 Å². The fourth-order valence-electron chi connectivity index (χ4n) is 2.50. The Bertz CT molecular complexity index is 620. The molecular weight excluding hydrogens is 320 g/mol. The number of hydrogen-bond donors (Lipinski definition) is 2. The molecule has 0 aliphatic carbocycles. The van der Waals surface area contributed by atoms with Crippen LogP contribution in [-0.4, -0.2) is 41.1 Å². The van der Waals surface area contributed by atoms with Crippen molar-refractivity contribution in [3.05, 3.63) is 28.7 Å². The molecule has 6 heteroatoms. The lowest BCUT2D eigenvalue weighted by atomic mass is 10.1. The minimum atomic E-state index is 0.234. The fourth-order valence-corrected chi connectivity index (χ4v) is 2.87. The second-order valence-corrected chi connectivity index (χ2v) is 5.74. The number of aromatic hydroxyl groups is 1. The van der Waals surface area contributed by atoms with Gasteiger partial charge in [0.2, 0.25) is 0 Å². The lowest BCUT2D eigenvalue weighted by Crippen LogP contribution is -2.44. The van der Waals surface area contributed by atoms with E-state index in [4.69, 9.17) is 0 Å². The minimum absolute atomic E-state index is 0.234. The molecule has 1 saturated heterocycles. The third-order valence-corrected chi connectivity index (χ3v) is 4.20. The molecule has 1 fully saturated rings. The number of aromatic nitrogens is 2. The van der Waals surface area contributed by atoms with Gasteiger partial charge in [0.25, 0.3) is 0 Å². The van der Waals surface area contributed by atoms with Crippen LogP contribution in [0.5, 0.6) is 5.75 Å². The van der Waals surface area contributed by atoms with E-state index < -0.39 is 0 Å². The summed E-state index contributed by atoms with van der Waals surface area (Å²) in [5, 5.41) is 18.0. The van der Waals surface area contributed by atoms with Crippen LogP contribution in [0.3, 0.4) is 0 Å². The van der Waals surface area contributed by atoms with Crippen LogP contribution in [-0.2, 0) is 7.05 Å². The van der Waals surface area contributed by atoms with Crippen molar-refractivity contribution in [2.45, 2.75) is 0 Å². The summed E-state index contributed by atoms with van der Waals surface area (Å²) in [5.74, 6) is 1.32. The van der Waals surface area contributed by atoms with Gasteiger partial charge in [-0.15, -0.1) is 0 Å². The second kappa shape index (κ2) is 5.46. The van der Waals surface area contributed by atoms with Crippen molar-refractivity contribution in [2.75, 3.05) is 31.1 Å². The average Bonchev–Trinajstić information content (AvgIpc) is 2.85. The van der Waals surface area contributed by atoms with Gasteiger partial charge in [0.15, 0.2) is 0 Å². The molecule has 0 spiro atoms. The number of phenolic OH excluding ortho intramolecular Hbond substituents is 1. The van der Waals surface area contributed by atoms with Gasteiger partial charge in [0, 0.05) is 44.9 Å². The van der Waals surface area contributed by atoms with E-state index in [0.717, 1.165) is 43.3 Å². The van der Waals surface area contributed by atoms with E-state index in [1.54, 1.807) is 0 Å². The summed E-state index contributed by atoms with van der Waals surface area (Å²) in [4.78, 5) is 2.31. The average molecular weight is 337 g/mol. The number of halogens is 1. The molecule has 1 aromatic heterocycles. The lowest BCUT2D eigenvalue weighted by molar-refractivity contribution is 0.473. The fraction of sp³-hybridized carbons (Fsp3) is 0.357. The Hall–Kier alpha value is -1.53. The van der Waals surface area contributed by atoms with Gasteiger partial charge in [-0.2, -0.15) is 5.10 Å². The standard InChI is InChI=1S/C14H17BrN4O/c1-18-13(19-7-5-16-6-8-19)9-12(17-18)10-3-2-4-11(15)14(10)20/h2-4,9,16,20H,5-8H2,1H3. The molecule has 1 aliphatic heterocycles. The highest BCUT2D eigenvalue weighted by Gasteiger charge is 2.17. The number of hydrogen-bond acceptors (Lipinski definition) is 4. The minimum Gasteiger partial charge on any atom is -0.506 e. The summed E-state index contributed by atoms with van der Waals surface area (Å²) in [6.07, 6.45) is 0. The van der Waals surface area contributed by atoms with Crippen molar-refractivity contribution in [3.63, 3.8) is 0 Å². The first-order valence-corrected chi connectivity index (χ1v) is 7.43. The van der Waals surface area contributed by atoms with Gasteiger partial charge in [-0.25, -0.2) is 0 Å². The van der Waals surface area contributed by atoms with E-state index in [1.165, 1.54) is 0 Å². The normalized spacial score (nSPS) is 15.6. The second-order valence-electron chi connectivity index (χ2n) is 4.88. The Labute approximate surface area is 126 Å². The molecule has 0 bridgehead atoms. The van der Waals surface area contributed by atoms with Crippen LogP contribution in [0.4, 0.5) is 5.82 Å². The van der Waals surface area contributed by atoms with Crippen molar-refractivity contribution in [1.29, 1.82) is 0 Å². The largest absolute Gasteiger partial charge is 0.506 e. The van der Waals surface area contributed by atoms with Crippen LogP contribution in [0.2, 0.25) is 0 Å². The van der Waals surface area contributed by atoms with Crippen LogP contribution in [0.15, 0.2) is 28.7 Å². The van der Waals surface area contributed by atoms with E-state index in [1.807, 2.05) is 36.0 Å². The van der Waals surface area contributed by atoms with Gasteiger partial charge in [-0.1, -0.05) is 6.07 Å². The van der Waals surface area contributed by atoms with E-state index in [-0.39, 0.29) is 5.75 Å². The number of nitrogens with zero attached hydrogens (tertiary/aromatic N) is 3. The van der Waals surface area contributed by atoms with E-state index >= 15 is 0 Å². The third kappa shape index (κ3) is 2.41. The SMILES string of the molecule is Cn1nc(-c2cccc(Br)c2O)cc1N1CCNCC1. The van der Waals surface area contributed by atoms with Gasteiger partial charge >= 0.3 is 0 Å². The van der Waals surface area contributed by atoms with Crippen LogP contribution < -0.4 is 10.2 Å². The highest BCUT2D eigenvalue weighted by Crippen LogP contribution is 2.35. The molecule has 0 unspecified atom stereocenters. The molecule has 2 aromatic rings. The molecule has 106 valence electrons. The number of para-hydroxylation sites is 1. The van der Waals surface area contributed by atoms with E-state index in [2.05, 4.69) is 31.2 Å². The number of nitrogens with one attached hydrogen (secondary N) is 1. The van der Waals surface area contributed by atoms with Crippen molar-refractivity contribution in [2.24, 2.45) is 7.05 Å². The molecule has 0 saturated carbocycles. The molecule has 20 heavy (non-hydrogen) atoms. The highest BCUT2D eigenvalue weighted by atomic mass is 79.9. The Morgan fingerprint density at radius 1 is 1.30 bits per heavy atom. The number of benzene rings is 1. The number of piperazine rings is 1. The lowest BCUT2D eigenvalue weighted by Gasteiger charge is -2.28. The number of phenols is 1. The quantitative estimate of drug-likeness (QED) is 0.880. The summed E-state index contributed by atoms with van der Waals surface area (Å²) in [6, 6.07) is 7.63. The molecule has 0 atom stereocenters. The molecule has 3 rings (SSSR count). The molecule has 1 aliphatic rings. The number of anilines is 1. The van der Waals surface area contributed by atoms with Crippen molar-refractivity contribution < 1.29 is 5.11 Å². The smallest absolute Gasteiger partial charge is 0.139 e. The predicted octanol–water partition coefficient (Wildman–Crippen LogP) is 1.96. The first-order valence-electron chi connectivity index (χ1n) is 6.64. The van der Waals surface area contributed by atoms with Gasteiger partial charge in [0.05, 0.1) is 10.2 Å². The molecule has 5 nitrogen and oxygen atoms in total. The van der Waals surface area contributed by atoms with Gasteiger partial charge in [0.1, 0.15) is 11.6 Å². The van der Waals surface area contributed by atoms with Crippen LogP contribution in [0, 0.1) is 0 Å². The van der Waals surface area contributed by atoms with Gasteiger partial charge in [-0.05, 0) is 28.1 Å². The first kappa shape index (κ1) is 13.5. The van der Waals surface area contributed by atoms with Crippen LogP contribution >= 0.6 is 15.9 Å². The molecule has 0 radical (unpaired) electrons. The third-order valence-electron chi connectivity index (χ3n) is 3.56. The summed E-state index contributed by atoms with van der Waals surface area (Å²) < 4.78 is 2.56.